The zero-order valence-electron chi connectivity index (χ0n) is 19.0. The number of benzene rings is 2. The number of para-hydroxylation sites is 1. The Morgan fingerprint density at radius 2 is 1.45 bits per heavy atom. The number of anilines is 1. The first-order chi connectivity index (χ1) is 16.3. The maximum atomic E-state index is 5.77. The molecule has 33 heavy (non-hydrogen) atoms. The van der Waals surface area contributed by atoms with Gasteiger partial charge in [-0.15, -0.1) is 5.10 Å². The second-order valence-corrected chi connectivity index (χ2v) is 7.75. The Bertz CT molecular complexity index is 1030. The van der Waals surface area contributed by atoms with Crippen molar-refractivity contribution in [2.75, 3.05) is 58.2 Å². The van der Waals surface area contributed by atoms with Gasteiger partial charge < -0.3 is 23.9 Å². The molecule has 0 fully saturated rings. The van der Waals surface area contributed by atoms with E-state index in [0.29, 0.717) is 52.8 Å². The van der Waals surface area contributed by atoms with Crippen molar-refractivity contribution in [3.63, 3.8) is 0 Å². The second-order valence-electron chi connectivity index (χ2n) is 7.75. The molecule has 2 heterocycles. The van der Waals surface area contributed by atoms with Crippen molar-refractivity contribution < 1.29 is 19.0 Å². The summed E-state index contributed by atoms with van der Waals surface area (Å²) >= 11 is 0. The van der Waals surface area contributed by atoms with E-state index < -0.39 is 0 Å². The Hall–Kier alpha value is -2.82. The highest BCUT2D eigenvalue weighted by molar-refractivity contribution is 5.87. The van der Waals surface area contributed by atoms with E-state index >= 15 is 0 Å². The van der Waals surface area contributed by atoms with Gasteiger partial charge in [0.2, 0.25) is 0 Å². The third kappa shape index (κ3) is 5.76. The van der Waals surface area contributed by atoms with Crippen LogP contribution in [0.1, 0.15) is 5.56 Å². The Balaban J connectivity index is 1.39. The first-order valence-corrected chi connectivity index (χ1v) is 11.2. The van der Waals surface area contributed by atoms with Crippen LogP contribution in [-0.2, 0) is 32.1 Å². The molecule has 0 aliphatic carbocycles. The molecule has 0 radical (unpaired) electrons. The van der Waals surface area contributed by atoms with Crippen molar-refractivity contribution in [2.45, 2.75) is 13.1 Å². The molecule has 0 saturated carbocycles. The third-order valence-corrected chi connectivity index (χ3v) is 5.52. The highest BCUT2D eigenvalue weighted by Gasteiger charge is 2.24. The zero-order valence-corrected chi connectivity index (χ0v) is 19.0. The SMILES string of the molecule is CN1Cc2ccccc2-c2c(nnn2CCOCCOCCOCCON)-c2ccccc21. The van der Waals surface area contributed by atoms with Crippen LogP contribution in [0.25, 0.3) is 22.5 Å². The maximum Gasteiger partial charge on any atom is 0.123 e. The highest BCUT2D eigenvalue weighted by atomic mass is 16.6. The van der Waals surface area contributed by atoms with Crippen molar-refractivity contribution in [2.24, 2.45) is 5.90 Å². The van der Waals surface area contributed by atoms with Crippen LogP contribution in [0.5, 0.6) is 0 Å². The number of fused-ring (bicyclic) bond motifs is 5. The minimum atomic E-state index is 0.377. The molecule has 2 N–H and O–H groups in total. The minimum absolute atomic E-state index is 0.377. The average molecular weight is 454 g/mol. The van der Waals surface area contributed by atoms with Crippen LogP contribution in [-0.4, -0.2) is 68.3 Å². The predicted octanol–water partition coefficient (Wildman–Crippen LogP) is 2.50. The van der Waals surface area contributed by atoms with Crippen molar-refractivity contribution in [1.29, 1.82) is 0 Å². The Kier molecular flexibility index (Phi) is 8.40. The van der Waals surface area contributed by atoms with Gasteiger partial charge in [-0.05, 0) is 11.6 Å². The maximum absolute atomic E-state index is 5.77. The smallest absolute Gasteiger partial charge is 0.123 e. The first-order valence-electron chi connectivity index (χ1n) is 11.2. The van der Waals surface area contributed by atoms with Crippen molar-refractivity contribution in [3.05, 3.63) is 54.1 Å². The van der Waals surface area contributed by atoms with Gasteiger partial charge in [0.15, 0.2) is 0 Å². The summed E-state index contributed by atoms with van der Waals surface area (Å²) in [6.07, 6.45) is 0. The molecule has 2 aromatic carbocycles. The molecule has 0 amide bonds. The summed E-state index contributed by atoms with van der Waals surface area (Å²) in [6.45, 7) is 4.81. The normalized spacial score (nSPS) is 12.6. The fourth-order valence-corrected chi connectivity index (χ4v) is 3.95. The lowest BCUT2D eigenvalue weighted by Gasteiger charge is -2.26. The number of nitrogens with zero attached hydrogens (tertiary/aromatic N) is 4. The lowest BCUT2D eigenvalue weighted by Crippen LogP contribution is -2.20. The Morgan fingerprint density at radius 3 is 2.21 bits per heavy atom. The van der Waals surface area contributed by atoms with Gasteiger partial charge >= 0.3 is 0 Å². The number of nitrogens with two attached hydrogens (primary N) is 1. The minimum Gasteiger partial charge on any atom is -0.377 e. The van der Waals surface area contributed by atoms with E-state index in [1.165, 1.54) is 5.56 Å². The second kappa shape index (κ2) is 11.9. The molecule has 0 saturated heterocycles. The number of rotatable bonds is 12. The van der Waals surface area contributed by atoms with Crippen LogP contribution in [0.4, 0.5) is 5.69 Å². The van der Waals surface area contributed by atoms with Crippen molar-refractivity contribution in [3.8, 4) is 22.5 Å². The molecule has 0 bridgehead atoms. The van der Waals surface area contributed by atoms with E-state index in [9.17, 15) is 0 Å². The Labute approximate surface area is 193 Å². The van der Waals surface area contributed by atoms with E-state index in [2.05, 4.69) is 69.6 Å². The van der Waals surface area contributed by atoms with E-state index in [-0.39, 0.29) is 0 Å². The molecule has 3 aromatic rings. The van der Waals surface area contributed by atoms with Gasteiger partial charge in [0.1, 0.15) is 5.69 Å². The number of aromatic nitrogens is 3. The van der Waals surface area contributed by atoms with Gasteiger partial charge in [-0.25, -0.2) is 10.6 Å². The van der Waals surface area contributed by atoms with E-state index in [1.54, 1.807) is 0 Å². The number of ether oxygens (including phenoxy) is 3. The predicted molar refractivity (Wildman–Crippen MR) is 126 cm³/mol. The molecule has 176 valence electrons. The lowest BCUT2D eigenvalue weighted by atomic mass is 9.96. The fraction of sp³-hybridized carbons (Fsp3) is 0.417. The lowest BCUT2D eigenvalue weighted by molar-refractivity contribution is -0.00296. The topological polar surface area (TPSA) is 96.9 Å². The average Bonchev–Trinajstić information content (AvgIpc) is 3.25. The summed E-state index contributed by atoms with van der Waals surface area (Å²) in [5, 5.41) is 9.07. The molecule has 0 atom stereocenters. The van der Waals surface area contributed by atoms with Crippen LogP contribution in [0.2, 0.25) is 0 Å². The van der Waals surface area contributed by atoms with Gasteiger partial charge in [0, 0.05) is 30.4 Å². The Morgan fingerprint density at radius 1 is 0.818 bits per heavy atom. The third-order valence-electron chi connectivity index (χ3n) is 5.52. The summed E-state index contributed by atoms with van der Waals surface area (Å²) in [5.41, 5.74) is 6.56. The van der Waals surface area contributed by atoms with Crippen molar-refractivity contribution in [1.82, 2.24) is 15.0 Å². The summed E-state index contributed by atoms with van der Waals surface area (Å²) < 4.78 is 18.5. The van der Waals surface area contributed by atoms with Crippen LogP contribution in [0.15, 0.2) is 48.5 Å². The van der Waals surface area contributed by atoms with Gasteiger partial charge in [-0.3, -0.25) is 0 Å². The number of hydrogen-bond acceptors (Lipinski definition) is 8. The summed E-state index contributed by atoms with van der Waals surface area (Å²) in [7, 11) is 2.11. The molecule has 1 aliphatic heterocycles. The molecule has 0 unspecified atom stereocenters. The summed E-state index contributed by atoms with van der Waals surface area (Å²) in [6, 6.07) is 16.8. The van der Waals surface area contributed by atoms with Crippen molar-refractivity contribution >= 4 is 5.69 Å². The molecule has 9 heteroatoms. The summed E-state index contributed by atoms with van der Waals surface area (Å²) in [4.78, 5) is 6.69. The zero-order chi connectivity index (χ0) is 22.9. The van der Waals surface area contributed by atoms with Gasteiger partial charge in [0.05, 0.1) is 58.5 Å². The van der Waals surface area contributed by atoms with Crippen LogP contribution in [0.3, 0.4) is 0 Å². The van der Waals surface area contributed by atoms with Gasteiger partial charge in [-0.2, -0.15) is 0 Å². The largest absolute Gasteiger partial charge is 0.377 e. The highest BCUT2D eigenvalue weighted by Crippen LogP contribution is 2.40. The van der Waals surface area contributed by atoms with E-state index in [1.807, 2.05) is 10.7 Å². The molecule has 9 nitrogen and oxygen atoms in total. The molecular weight excluding hydrogens is 422 g/mol. The van der Waals surface area contributed by atoms with E-state index in [0.717, 1.165) is 34.7 Å². The van der Waals surface area contributed by atoms with E-state index in [4.69, 9.17) is 20.1 Å². The van der Waals surface area contributed by atoms with Crippen LogP contribution in [0, 0.1) is 0 Å². The first kappa shape index (κ1) is 23.3. The molecule has 0 spiro atoms. The standard InChI is InChI=1S/C24H31N5O4/c1-28-18-19-6-2-3-7-20(19)24-23(21-8-4-5-9-22(21)28)26-27-29(24)10-11-30-12-13-31-14-15-32-16-17-33-25/h2-9H,10-18,25H2,1H3. The summed E-state index contributed by atoms with van der Waals surface area (Å²) in [5.74, 6) is 4.94. The van der Waals surface area contributed by atoms with Gasteiger partial charge in [0.25, 0.3) is 0 Å². The molecule has 1 aromatic heterocycles. The number of hydrogen-bond donors (Lipinski definition) is 1. The molecule has 4 rings (SSSR count). The fourth-order valence-electron chi connectivity index (χ4n) is 3.95. The van der Waals surface area contributed by atoms with Crippen LogP contribution < -0.4 is 10.8 Å². The monoisotopic (exact) mass is 453 g/mol. The van der Waals surface area contributed by atoms with Crippen LogP contribution >= 0.6 is 0 Å². The van der Waals surface area contributed by atoms with Gasteiger partial charge in [-0.1, -0.05) is 47.7 Å². The molecular formula is C24H31N5O4. The molecule has 1 aliphatic rings. The quantitative estimate of drug-likeness (QED) is 0.330.